The minimum absolute atomic E-state index is 0.0962. The highest BCUT2D eigenvalue weighted by Gasteiger charge is 2.21. The summed E-state index contributed by atoms with van der Waals surface area (Å²) >= 11 is 0. The van der Waals surface area contributed by atoms with Gasteiger partial charge in [-0.1, -0.05) is 53.5 Å². The van der Waals surface area contributed by atoms with E-state index in [0.29, 0.717) is 5.56 Å². The Morgan fingerprint density at radius 3 is 1.92 bits per heavy atom. The van der Waals surface area contributed by atoms with Gasteiger partial charge in [-0.2, -0.15) is 0 Å². The Balaban J connectivity index is 2.93. The smallest absolute Gasteiger partial charge is 0.323 e. The van der Waals surface area contributed by atoms with Crippen LogP contribution in [-0.2, 0) is 35.1 Å². The van der Waals surface area contributed by atoms with Crippen LogP contribution in [0.4, 0.5) is 0 Å². The number of hydrogen-bond acceptors (Lipinski definition) is 9. The Hall–Kier alpha value is -2.94. The van der Waals surface area contributed by atoms with Gasteiger partial charge in [-0.15, -0.1) is 0 Å². The Morgan fingerprint density at radius 1 is 0.833 bits per heavy atom. The van der Waals surface area contributed by atoms with Crippen molar-refractivity contribution in [1.82, 2.24) is 0 Å². The molecule has 1 aromatic rings. The SMILES string of the molecule is CCC(=O)O[C@@H](C)COC(=O)[C@@H](N)Cc1ccc(OC(=O)CC(C)CC)c(OC(=O)CC(C)CC)c1. The first kappa shape index (κ1) is 31.1. The van der Waals surface area contributed by atoms with E-state index in [0.717, 1.165) is 12.8 Å². The molecule has 0 amide bonds. The lowest BCUT2D eigenvalue weighted by Gasteiger charge is -2.17. The van der Waals surface area contributed by atoms with Crippen LogP contribution < -0.4 is 15.2 Å². The summed E-state index contributed by atoms with van der Waals surface area (Å²) in [6.45, 7) is 11.0. The maximum atomic E-state index is 12.4. The van der Waals surface area contributed by atoms with E-state index in [1.165, 1.54) is 6.07 Å². The number of ether oxygens (including phenoxy) is 4. The molecular weight excluding hydrogens is 466 g/mol. The zero-order valence-electron chi connectivity index (χ0n) is 22.3. The van der Waals surface area contributed by atoms with Crippen LogP contribution in [0.15, 0.2) is 18.2 Å². The molecule has 0 saturated heterocycles. The second-order valence-electron chi connectivity index (χ2n) is 9.26. The van der Waals surface area contributed by atoms with Crippen LogP contribution in [0.25, 0.3) is 0 Å². The van der Waals surface area contributed by atoms with E-state index in [-0.39, 0.29) is 61.6 Å². The van der Waals surface area contributed by atoms with E-state index >= 15 is 0 Å². The van der Waals surface area contributed by atoms with Crippen molar-refractivity contribution in [1.29, 1.82) is 0 Å². The van der Waals surface area contributed by atoms with Crippen LogP contribution in [0, 0.1) is 11.8 Å². The lowest BCUT2D eigenvalue weighted by atomic mass is 10.0. The van der Waals surface area contributed by atoms with Gasteiger partial charge in [0, 0.05) is 19.3 Å². The fourth-order valence-corrected chi connectivity index (χ4v) is 3.02. The van der Waals surface area contributed by atoms with Gasteiger partial charge in [0.1, 0.15) is 18.8 Å². The second-order valence-corrected chi connectivity index (χ2v) is 9.26. The van der Waals surface area contributed by atoms with Gasteiger partial charge in [0.15, 0.2) is 11.5 Å². The molecule has 0 spiro atoms. The van der Waals surface area contributed by atoms with Crippen LogP contribution in [0.5, 0.6) is 11.5 Å². The van der Waals surface area contributed by atoms with Crippen LogP contribution in [-0.4, -0.2) is 42.6 Å². The van der Waals surface area contributed by atoms with Crippen molar-refractivity contribution in [3.63, 3.8) is 0 Å². The lowest BCUT2D eigenvalue weighted by molar-refractivity contribution is -0.158. The maximum absolute atomic E-state index is 12.4. The number of carbonyl (C=O) groups is 4. The summed E-state index contributed by atoms with van der Waals surface area (Å²) in [6, 6.07) is 3.72. The van der Waals surface area contributed by atoms with Crippen molar-refractivity contribution in [2.45, 2.75) is 92.2 Å². The Bertz CT molecular complexity index is 885. The standard InChI is InChI=1S/C27H41NO8/c1-7-17(4)12-25(30)35-22-11-10-20(15-23(22)36-26(31)13-18(5)8-2)14-21(28)27(32)33-16-19(6)34-24(29)9-3/h10-11,15,17-19,21H,7-9,12-14,16,28H2,1-6H3/t17?,18?,19-,21-/m0/s1. The van der Waals surface area contributed by atoms with Crippen molar-refractivity contribution in [3.8, 4) is 11.5 Å². The molecule has 0 radical (unpaired) electrons. The molecule has 0 aliphatic carbocycles. The zero-order valence-corrected chi connectivity index (χ0v) is 22.3. The van der Waals surface area contributed by atoms with E-state index in [4.69, 9.17) is 24.7 Å². The van der Waals surface area contributed by atoms with E-state index in [1.54, 1.807) is 26.0 Å². The van der Waals surface area contributed by atoms with Gasteiger partial charge < -0.3 is 24.7 Å². The molecule has 0 heterocycles. The molecule has 0 bridgehead atoms. The third-order valence-corrected chi connectivity index (χ3v) is 5.72. The van der Waals surface area contributed by atoms with Crippen molar-refractivity contribution < 1.29 is 38.1 Å². The second kappa shape index (κ2) is 15.9. The van der Waals surface area contributed by atoms with E-state index < -0.39 is 30.1 Å². The van der Waals surface area contributed by atoms with Crippen molar-refractivity contribution in [2.24, 2.45) is 17.6 Å². The van der Waals surface area contributed by atoms with Crippen molar-refractivity contribution >= 4 is 23.9 Å². The van der Waals surface area contributed by atoms with Crippen LogP contribution in [0.1, 0.15) is 79.2 Å². The number of benzene rings is 1. The number of esters is 4. The number of nitrogens with two attached hydrogens (primary N) is 1. The first-order valence-electron chi connectivity index (χ1n) is 12.6. The van der Waals surface area contributed by atoms with Crippen molar-refractivity contribution in [3.05, 3.63) is 23.8 Å². The fraction of sp³-hybridized carbons (Fsp3) is 0.630. The summed E-state index contributed by atoms with van der Waals surface area (Å²) in [5.41, 5.74) is 6.61. The molecule has 4 atom stereocenters. The van der Waals surface area contributed by atoms with Gasteiger partial charge >= 0.3 is 23.9 Å². The largest absolute Gasteiger partial charge is 0.461 e. The molecule has 0 aliphatic heterocycles. The predicted octanol–water partition coefficient (Wildman–Crippen LogP) is 4.12. The highest BCUT2D eigenvalue weighted by Crippen LogP contribution is 2.30. The van der Waals surface area contributed by atoms with Gasteiger partial charge in [0.05, 0.1) is 0 Å². The van der Waals surface area contributed by atoms with Crippen LogP contribution >= 0.6 is 0 Å². The molecule has 0 aliphatic rings. The van der Waals surface area contributed by atoms with Gasteiger partial charge in [-0.05, 0) is 42.9 Å². The Kier molecular flexibility index (Phi) is 13.8. The van der Waals surface area contributed by atoms with Gasteiger partial charge in [0.2, 0.25) is 0 Å². The normalized spacial score (nSPS) is 14.2. The van der Waals surface area contributed by atoms with Crippen LogP contribution in [0.2, 0.25) is 0 Å². The summed E-state index contributed by atoms with van der Waals surface area (Å²) in [6.07, 6.45) is 1.84. The molecule has 2 unspecified atom stereocenters. The quantitative estimate of drug-likeness (QED) is 0.275. The molecule has 9 nitrogen and oxygen atoms in total. The van der Waals surface area contributed by atoms with Gasteiger partial charge in [-0.25, -0.2) is 0 Å². The molecule has 9 heteroatoms. The summed E-state index contributed by atoms with van der Waals surface area (Å²) in [4.78, 5) is 48.4. The molecular formula is C27H41NO8. The number of hydrogen-bond donors (Lipinski definition) is 1. The summed E-state index contributed by atoms with van der Waals surface area (Å²) < 4.78 is 21.2. The van der Waals surface area contributed by atoms with E-state index in [1.807, 2.05) is 27.7 Å². The molecule has 0 saturated carbocycles. The molecule has 1 aromatic carbocycles. The average molecular weight is 508 g/mol. The van der Waals surface area contributed by atoms with E-state index in [9.17, 15) is 19.2 Å². The molecule has 36 heavy (non-hydrogen) atoms. The van der Waals surface area contributed by atoms with Gasteiger partial charge in [0.25, 0.3) is 0 Å². The molecule has 2 N–H and O–H groups in total. The third-order valence-electron chi connectivity index (χ3n) is 5.72. The minimum atomic E-state index is -0.999. The number of rotatable bonds is 15. The van der Waals surface area contributed by atoms with Gasteiger partial charge in [-0.3, -0.25) is 19.2 Å². The maximum Gasteiger partial charge on any atom is 0.323 e. The summed E-state index contributed by atoms with van der Waals surface area (Å²) in [7, 11) is 0. The average Bonchev–Trinajstić information content (AvgIpc) is 2.83. The van der Waals surface area contributed by atoms with Crippen LogP contribution in [0.3, 0.4) is 0 Å². The predicted molar refractivity (Wildman–Crippen MR) is 134 cm³/mol. The molecule has 1 rings (SSSR count). The van der Waals surface area contributed by atoms with E-state index in [2.05, 4.69) is 0 Å². The fourth-order valence-electron chi connectivity index (χ4n) is 3.02. The molecule has 202 valence electrons. The summed E-state index contributed by atoms with van der Waals surface area (Å²) in [5.74, 6) is -1.39. The number of carbonyl (C=O) groups excluding carboxylic acids is 4. The Labute approximate surface area is 214 Å². The molecule has 0 fully saturated rings. The topological polar surface area (TPSA) is 131 Å². The highest BCUT2D eigenvalue weighted by atomic mass is 16.6. The monoisotopic (exact) mass is 507 g/mol. The molecule has 0 aromatic heterocycles. The highest BCUT2D eigenvalue weighted by molar-refractivity contribution is 5.77. The first-order valence-corrected chi connectivity index (χ1v) is 12.6. The summed E-state index contributed by atoms with van der Waals surface area (Å²) in [5, 5.41) is 0. The zero-order chi connectivity index (χ0) is 27.3. The lowest BCUT2D eigenvalue weighted by Crippen LogP contribution is -2.36. The van der Waals surface area contributed by atoms with Crippen molar-refractivity contribution in [2.75, 3.05) is 6.61 Å². The third kappa shape index (κ3) is 11.7. The first-order chi connectivity index (χ1) is 17.0. The minimum Gasteiger partial charge on any atom is -0.461 e. The Morgan fingerprint density at radius 2 is 1.39 bits per heavy atom.